The van der Waals surface area contributed by atoms with Crippen molar-refractivity contribution in [1.82, 2.24) is 10.2 Å². The van der Waals surface area contributed by atoms with E-state index in [9.17, 15) is 14.4 Å². The van der Waals surface area contributed by atoms with Gasteiger partial charge in [-0.2, -0.15) is 0 Å². The molecule has 1 aliphatic rings. The fourth-order valence-electron chi connectivity index (χ4n) is 3.88. The zero-order valence-electron chi connectivity index (χ0n) is 17.9. The van der Waals surface area contributed by atoms with E-state index in [1.165, 1.54) is 13.2 Å². The van der Waals surface area contributed by atoms with Gasteiger partial charge < -0.3 is 14.5 Å². The third-order valence-electron chi connectivity index (χ3n) is 5.80. The highest BCUT2D eigenvalue weighted by molar-refractivity contribution is 6.07. The molecule has 0 spiro atoms. The summed E-state index contributed by atoms with van der Waals surface area (Å²) in [6.07, 6.45) is 0. The van der Waals surface area contributed by atoms with Gasteiger partial charge in [-0.15, -0.1) is 0 Å². The number of nitrogens with one attached hydrogen (secondary N) is 1. The van der Waals surface area contributed by atoms with Crippen molar-refractivity contribution < 1.29 is 18.7 Å². The normalized spacial score (nSPS) is 18.7. The topological polar surface area (TPSA) is 88.9 Å². The average molecular weight is 420 g/mol. The number of fused-ring (bicyclic) bond motifs is 1. The third kappa shape index (κ3) is 3.56. The van der Waals surface area contributed by atoms with E-state index in [1.54, 1.807) is 25.1 Å². The number of carbonyl (C=O) groups is 2. The molecule has 4 rings (SSSR count). The van der Waals surface area contributed by atoms with Crippen molar-refractivity contribution in [3.8, 4) is 5.75 Å². The molecule has 1 aliphatic heterocycles. The monoisotopic (exact) mass is 420 g/mol. The largest absolute Gasteiger partial charge is 0.497 e. The van der Waals surface area contributed by atoms with Crippen LogP contribution in [0.25, 0.3) is 11.0 Å². The van der Waals surface area contributed by atoms with Gasteiger partial charge in [0.1, 0.15) is 16.9 Å². The minimum atomic E-state index is -1.18. The van der Waals surface area contributed by atoms with Crippen molar-refractivity contribution >= 4 is 22.9 Å². The summed E-state index contributed by atoms with van der Waals surface area (Å²) in [6, 6.07) is 13.6. The number of imide groups is 1. The van der Waals surface area contributed by atoms with Crippen molar-refractivity contribution in [3.05, 3.63) is 75.6 Å². The van der Waals surface area contributed by atoms with E-state index in [4.69, 9.17) is 9.15 Å². The highest BCUT2D eigenvalue weighted by Gasteiger charge is 2.49. The molecule has 3 amide bonds. The van der Waals surface area contributed by atoms with E-state index in [0.29, 0.717) is 33.8 Å². The molecule has 1 fully saturated rings. The number of nitrogens with zero attached hydrogens (tertiary/aromatic N) is 1. The Labute approximate surface area is 179 Å². The van der Waals surface area contributed by atoms with Crippen LogP contribution in [0.3, 0.4) is 0 Å². The molecule has 1 atom stereocenters. The van der Waals surface area contributed by atoms with Crippen LogP contribution in [0, 0.1) is 0 Å². The molecule has 0 bridgehead atoms. The van der Waals surface area contributed by atoms with Gasteiger partial charge in [0.2, 0.25) is 0 Å². The summed E-state index contributed by atoms with van der Waals surface area (Å²) in [6.45, 7) is 5.84. The second-order valence-corrected chi connectivity index (χ2v) is 8.18. The molecule has 160 valence electrons. The lowest BCUT2D eigenvalue weighted by Crippen LogP contribution is -2.40. The molecule has 3 aromatic rings. The van der Waals surface area contributed by atoms with Crippen molar-refractivity contribution in [1.29, 1.82) is 0 Å². The van der Waals surface area contributed by atoms with Crippen LogP contribution in [0.4, 0.5) is 4.79 Å². The quantitative estimate of drug-likeness (QED) is 0.500. The van der Waals surface area contributed by atoms with Crippen LogP contribution < -0.4 is 15.7 Å². The van der Waals surface area contributed by atoms with Crippen LogP contribution in [0.15, 0.2) is 57.7 Å². The zero-order valence-corrected chi connectivity index (χ0v) is 17.9. The molecule has 2 aromatic carbocycles. The number of amides is 3. The number of hydrogen-bond donors (Lipinski definition) is 1. The third-order valence-corrected chi connectivity index (χ3v) is 5.80. The van der Waals surface area contributed by atoms with Crippen LogP contribution in [-0.2, 0) is 16.9 Å². The second-order valence-electron chi connectivity index (χ2n) is 8.18. The van der Waals surface area contributed by atoms with Gasteiger partial charge in [0, 0.05) is 17.5 Å². The highest BCUT2D eigenvalue weighted by Crippen LogP contribution is 2.32. The van der Waals surface area contributed by atoms with E-state index >= 15 is 0 Å². The summed E-state index contributed by atoms with van der Waals surface area (Å²) < 4.78 is 10.4. The van der Waals surface area contributed by atoms with Gasteiger partial charge in [-0.25, -0.2) is 9.59 Å². The minimum Gasteiger partial charge on any atom is -0.497 e. The summed E-state index contributed by atoms with van der Waals surface area (Å²) in [7, 11) is 1.52. The van der Waals surface area contributed by atoms with Crippen LogP contribution in [0.2, 0.25) is 0 Å². The fraction of sp³-hybridized carbons (Fsp3) is 0.292. The van der Waals surface area contributed by atoms with Gasteiger partial charge in [0.05, 0.1) is 13.7 Å². The Morgan fingerprint density at radius 3 is 2.42 bits per heavy atom. The van der Waals surface area contributed by atoms with Crippen LogP contribution >= 0.6 is 0 Å². The van der Waals surface area contributed by atoms with Gasteiger partial charge in [-0.3, -0.25) is 9.69 Å². The lowest BCUT2D eigenvalue weighted by Gasteiger charge is -2.23. The summed E-state index contributed by atoms with van der Waals surface area (Å²) in [5.41, 5.74) is 0.983. The fourth-order valence-corrected chi connectivity index (χ4v) is 3.88. The van der Waals surface area contributed by atoms with E-state index in [0.717, 1.165) is 10.5 Å². The van der Waals surface area contributed by atoms with E-state index in [-0.39, 0.29) is 12.5 Å². The van der Waals surface area contributed by atoms with Gasteiger partial charge in [0.25, 0.3) is 5.91 Å². The molecule has 7 heteroatoms. The molecule has 0 aliphatic carbocycles. The summed E-state index contributed by atoms with van der Waals surface area (Å²) >= 11 is 0. The predicted molar refractivity (Wildman–Crippen MR) is 116 cm³/mol. The molecule has 1 saturated heterocycles. The molecular weight excluding hydrogens is 396 g/mol. The number of methoxy groups -OCH3 is 1. The lowest BCUT2D eigenvalue weighted by atomic mass is 9.90. The summed E-state index contributed by atoms with van der Waals surface area (Å²) in [5, 5.41) is 3.45. The summed E-state index contributed by atoms with van der Waals surface area (Å²) in [4.78, 5) is 39.2. The van der Waals surface area contributed by atoms with E-state index in [1.807, 2.05) is 24.3 Å². The Morgan fingerprint density at radius 2 is 1.77 bits per heavy atom. The molecular formula is C24H24N2O5. The highest BCUT2D eigenvalue weighted by atomic mass is 16.5. The molecule has 0 saturated carbocycles. The standard InChI is InChI=1S/C24H24N2O5/c1-14(2)15-5-7-17(8-6-15)24(3)22(28)26(23(29)25-24)13-16-11-21(27)31-20-12-18(30-4)9-10-19(16)20/h5-12,14H,13H2,1-4H3,(H,25,29)/t24-/m0/s1. The van der Waals surface area contributed by atoms with Gasteiger partial charge in [-0.1, -0.05) is 38.1 Å². The Balaban J connectivity index is 1.68. The molecule has 2 heterocycles. The first-order valence-electron chi connectivity index (χ1n) is 10.1. The van der Waals surface area contributed by atoms with E-state index in [2.05, 4.69) is 19.2 Å². The number of ether oxygens (including phenoxy) is 1. The molecule has 7 nitrogen and oxygen atoms in total. The molecule has 1 N–H and O–H groups in total. The van der Waals surface area contributed by atoms with Gasteiger partial charge in [-0.05, 0) is 41.7 Å². The van der Waals surface area contributed by atoms with Gasteiger partial charge >= 0.3 is 11.7 Å². The van der Waals surface area contributed by atoms with Crippen LogP contribution in [0.1, 0.15) is 43.4 Å². The first-order valence-corrected chi connectivity index (χ1v) is 10.1. The zero-order chi connectivity index (χ0) is 22.3. The number of rotatable bonds is 5. The van der Waals surface area contributed by atoms with Crippen LogP contribution in [-0.4, -0.2) is 23.9 Å². The number of urea groups is 1. The minimum absolute atomic E-state index is 0.0429. The second kappa shape index (κ2) is 7.58. The maximum atomic E-state index is 13.3. The average Bonchev–Trinajstić information content (AvgIpc) is 2.97. The summed E-state index contributed by atoms with van der Waals surface area (Å²) in [5.74, 6) is 0.536. The lowest BCUT2D eigenvalue weighted by molar-refractivity contribution is -0.131. The maximum absolute atomic E-state index is 13.3. The Hall–Kier alpha value is -3.61. The molecule has 1 aromatic heterocycles. The predicted octanol–water partition coefficient (Wildman–Crippen LogP) is 3.89. The Bertz CT molecular complexity index is 1230. The van der Waals surface area contributed by atoms with Gasteiger partial charge in [0.15, 0.2) is 0 Å². The Morgan fingerprint density at radius 1 is 1.06 bits per heavy atom. The van der Waals surface area contributed by atoms with Crippen LogP contribution in [0.5, 0.6) is 5.75 Å². The first-order chi connectivity index (χ1) is 14.7. The smallest absolute Gasteiger partial charge is 0.336 e. The van der Waals surface area contributed by atoms with Crippen molar-refractivity contribution in [3.63, 3.8) is 0 Å². The molecule has 0 unspecified atom stereocenters. The molecule has 0 radical (unpaired) electrons. The number of benzene rings is 2. The number of carbonyl (C=O) groups excluding carboxylic acids is 2. The molecule has 31 heavy (non-hydrogen) atoms. The van der Waals surface area contributed by atoms with E-state index < -0.39 is 17.2 Å². The van der Waals surface area contributed by atoms with Crippen molar-refractivity contribution in [2.45, 2.75) is 38.8 Å². The first kappa shape index (κ1) is 20.7. The number of hydrogen-bond acceptors (Lipinski definition) is 5. The van der Waals surface area contributed by atoms with Crippen molar-refractivity contribution in [2.75, 3.05) is 7.11 Å². The SMILES string of the molecule is COc1ccc2c(CN3C(=O)N[C@@](C)(c4ccc(C(C)C)cc4)C3=O)cc(=O)oc2c1. The Kier molecular flexibility index (Phi) is 5.05. The van der Waals surface area contributed by atoms with Crippen molar-refractivity contribution in [2.24, 2.45) is 0 Å². The maximum Gasteiger partial charge on any atom is 0.336 e.